The van der Waals surface area contributed by atoms with Crippen molar-refractivity contribution in [2.45, 2.75) is 19.6 Å². The maximum atomic E-state index is 5.47. The lowest BCUT2D eigenvalue weighted by atomic mass is 10.7. The minimum atomic E-state index is -1.55. The van der Waals surface area contributed by atoms with Gasteiger partial charge in [-0.05, 0) is 42.1 Å². The summed E-state index contributed by atoms with van der Waals surface area (Å²) in [6.07, 6.45) is 1.57. The van der Waals surface area contributed by atoms with Gasteiger partial charge in [0.2, 0.25) is 8.32 Å². The molecule has 0 saturated carbocycles. The molecule has 4 heteroatoms. The second-order valence-electron chi connectivity index (χ2n) is 3.31. The van der Waals surface area contributed by atoms with Crippen LogP contribution in [-0.2, 0) is 4.43 Å². The van der Waals surface area contributed by atoms with E-state index >= 15 is 0 Å². The number of halogens is 1. The van der Waals surface area contributed by atoms with Gasteiger partial charge in [0.05, 0.1) is 0 Å². The second kappa shape index (κ2) is 4.62. The minimum absolute atomic E-state index is 0.453. The molecule has 0 aliphatic heterocycles. The minimum Gasteiger partial charge on any atom is -0.532 e. The number of allylic oxidation sites excluding steroid dienone is 1. The Labute approximate surface area is 83.3 Å². The van der Waals surface area contributed by atoms with Crippen molar-refractivity contribution in [3.63, 3.8) is 0 Å². The van der Waals surface area contributed by atoms with E-state index in [1.165, 1.54) is 0 Å². The fourth-order valence-corrected chi connectivity index (χ4v) is 1.38. The molecule has 2 nitrogen and oxygen atoms in total. The molecule has 0 aromatic carbocycles. The van der Waals surface area contributed by atoms with Gasteiger partial charge in [0.25, 0.3) is 0 Å². The summed E-state index contributed by atoms with van der Waals surface area (Å²) < 4.78 is 6.18. The van der Waals surface area contributed by atoms with Crippen LogP contribution in [0.2, 0.25) is 19.6 Å². The van der Waals surface area contributed by atoms with Gasteiger partial charge in [0, 0.05) is 10.7 Å². The Morgan fingerprint density at radius 3 is 2.25 bits per heavy atom. The Kier molecular flexibility index (Phi) is 4.48. The standard InChI is InChI=1S/C8H14BrNOSi/c1-7(9)6-10-8(2)11-12(3,4)5/h6H,1-2H2,3-5H3/b10-6+. The smallest absolute Gasteiger partial charge is 0.244 e. The lowest BCUT2D eigenvalue weighted by Crippen LogP contribution is -2.24. The highest BCUT2D eigenvalue weighted by molar-refractivity contribution is 9.12. The third kappa shape index (κ3) is 7.75. The zero-order valence-electron chi connectivity index (χ0n) is 7.72. The first-order valence-electron chi connectivity index (χ1n) is 3.57. The lowest BCUT2D eigenvalue weighted by molar-refractivity contribution is 0.421. The van der Waals surface area contributed by atoms with Gasteiger partial charge in [-0.25, -0.2) is 4.99 Å². The van der Waals surface area contributed by atoms with Gasteiger partial charge in [-0.15, -0.1) is 0 Å². The number of hydrogen-bond donors (Lipinski definition) is 0. The van der Waals surface area contributed by atoms with E-state index in [0.29, 0.717) is 10.4 Å². The van der Waals surface area contributed by atoms with Crippen LogP contribution >= 0.6 is 15.9 Å². The zero-order chi connectivity index (χ0) is 9.78. The molecule has 0 heterocycles. The molecule has 0 aliphatic carbocycles. The molecular weight excluding hydrogens is 234 g/mol. The predicted octanol–water partition coefficient (Wildman–Crippen LogP) is 3.29. The first-order chi connectivity index (χ1) is 5.31. The third-order valence-electron chi connectivity index (χ3n) is 0.773. The first-order valence-corrected chi connectivity index (χ1v) is 7.78. The summed E-state index contributed by atoms with van der Waals surface area (Å²) in [7, 11) is -1.55. The number of aliphatic imine (C=N–C) groups is 1. The average Bonchev–Trinajstić information content (AvgIpc) is 1.79. The molecule has 0 bridgehead atoms. The van der Waals surface area contributed by atoms with E-state index in [2.05, 4.69) is 53.7 Å². The van der Waals surface area contributed by atoms with Crippen LogP contribution in [0.25, 0.3) is 0 Å². The van der Waals surface area contributed by atoms with Crippen molar-refractivity contribution in [2.24, 2.45) is 4.99 Å². The molecule has 12 heavy (non-hydrogen) atoms. The van der Waals surface area contributed by atoms with Crippen LogP contribution in [0, 0.1) is 0 Å². The van der Waals surface area contributed by atoms with Gasteiger partial charge in [0.1, 0.15) is 0 Å². The maximum absolute atomic E-state index is 5.47. The van der Waals surface area contributed by atoms with E-state index in [1.54, 1.807) is 6.21 Å². The summed E-state index contributed by atoms with van der Waals surface area (Å²) in [4.78, 5) is 3.96. The van der Waals surface area contributed by atoms with Crippen LogP contribution in [0.15, 0.2) is 28.5 Å². The molecule has 0 rings (SSSR count). The monoisotopic (exact) mass is 247 g/mol. The topological polar surface area (TPSA) is 21.6 Å². The maximum Gasteiger partial charge on any atom is 0.244 e. The molecule has 0 N–H and O–H groups in total. The van der Waals surface area contributed by atoms with Crippen LogP contribution in [0.4, 0.5) is 0 Å². The number of hydrogen-bond acceptors (Lipinski definition) is 2. The van der Waals surface area contributed by atoms with Crippen LogP contribution in [0.5, 0.6) is 0 Å². The van der Waals surface area contributed by atoms with E-state index in [9.17, 15) is 0 Å². The average molecular weight is 248 g/mol. The number of nitrogens with zero attached hydrogens (tertiary/aromatic N) is 1. The molecule has 0 radical (unpaired) electrons. The molecule has 0 unspecified atom stereocenters. The van der Waals surface area contributed by atoms with Crippen molar-refractivity contribution in [1.29, 1.82) is 0 Å². The highest BCUT2D eigenvalue weighted by Crippen LogP contribution is 2.09. The summed E-state index contributed by atoms with van der Waals surface area (Å²) in [5.41, 5.74) is 0. The van der Waals surface area contributed by atoms with Gasteiger partial charge in [-0.2, -0.15) is 0 Å². The fourth-order valence-electron chi connectivity index (χ4n) is 0.522. The fraction of sp³-hybridized carbons (Fsp3) is 0.375. The highest BCUT2D eigenvalue weighted by Gasteiger charge is 2.15. The Bertz CT molecular complexity index is 218. The van der Waals surface area contributed by atoms with Crippen molar-refractivity contribution in [1.82, 2.24) is 0 Å². The van der Waals surface area contributed by atoms with E-state index < -0.39 is 8.32 Å². The molecule has 0 aliphatic rings. The van der Waals surface area contributed by atoms with Crippen LogP contribution in [0.1, 0.15) is 0 Å². The molecular formula is C8H14BrNOSi. The summed E-state index contributed by atoms with van der Waals surface area (Å²) in [5.74, 6) is 0.453. The Balaban J connectivity index is 3.99. The van der Waals surface area contributed by atoms with Crippen molar-refractivity contribution >= 4 is 30.5 Å². The van der Waals surface area contributed by atoms with Crippen molar-refractivity contribution in [3.05, 3.63) is 23.5 Å². The molecule has 68 valence electrons. The van der Waals surface area contributed by atoms with Gasteiger partial charge >= 0.3 is 0 Å². The Hall–Kier alpha value is -0.353. The van der Waals surface area contributed by atoms with E-state index in [-0.39, 0.29) is 0 Å². The SMILES string of the molecule is C=C(Br)/C=N/C(=C)O[Si](C)(C)C. The van der Waals surface area contributed by atoms with Crippen LogP contribution in [-0.4, -0.2) is 14.5 Å². The summed E-state index contributed by atoms with van der Waals surface area (Å²) in [6.45, 7) is 13.5. The molecule has 0 spiro atoms. The quantitative estimate of drug-likeness (QED) is 0.425. The normalized spacial score (nSPS) is 11.7. The van der Waals surface area contributed by atoms with Crippen molar-refractivity contribution < 1.29 is 4.43 Å². The molecule has 0 amide bonds. The second-order valence-corrected chi connectivity index (χ2v) is 8.76. The van der Waals surface area contributed by atoms with Gasteiger partial charge < -0.3 is 4.43 Å². The predicted molar refractivity (Wildman–Crippen MR) is 60.1 cm³/mol. The lowest BCUT2D eigenvalue weighted by Gasteiger charge is -2.17. The van der Waals surface area contributed by atoms with Crippen LogP contribution in [0.3, 0.4) is 0 Å². The molecule has 0 aromatic rings. The van der Waals surface area contributed by atoms with Gasteiger partial charge in [-0.3, -0.25) is 0 Å². The Morgan fingerprint density at radius 1 is 1.42 bits per heavy atom. The van der Waals surface area contributed by atoms with Crippen molar-refractivity contribution in [2.75, 3.05) is 0 Å². The molecule has 0 aromatic heterocycles. The van der Waals surface area contributed by atoms with Gasteiger partial charge in [0.15, 0.2) is 5.88 Å². The van der Waals surface area contributed by atoms with Gasteiger partial charge in [-0.1, -0.05) is 6.58 Å². The molecule has 0 saturated heterocycles. The first kappa shape index (κ1) is 11.6. The van der Waals surface area contributed by atoms with Crippen molar-refractivity contribution in [3.8, 4) is 0 Å². The number of rotatable bonds is 4. The summed E-state index contributed by atoms with van der Waals surface area (Å²) >= 11 is 3.15. The van der Waals surface area contributed by atoms with E-state index in [1.807, 2.05) is 0 Å². The Morgan fingerprint density at radius 2 is 1.92 bits per heavy atom. The van der Waals surface area contributed by atoms with E-state index in [0.717, 1.165) is 0 Å². The highest BCUT2D eigenvalue weighted by atomic mass is 79.9. The summed E-state index contributed by atoms with van der Waals surface area (Å²) in [5, 5.41) is 0. The largest absolute Gasteiger partial charge is 0.532 e. The molecule has 0 atom stereocenters. The summed E-state index contributed by atoms with van der Waals surface area (Å²) in [6, 6.07) is 0. The van der Waals surface area contributed by atoms with E-state index in [4.69, 9.17) is 4.43 Å². The third-order valence-corrected chi connectivity index (χ3v) is 1.83. The molecule has 0 fully saturated rings. The van der Waals surface area contributed by atoms with Crippen LogP contribution < -0.4 is 0 Å². The zero-order valence-corrected chi connectivity index (χ0v) is 10.3.